The molecule has 0 aromatic heterocycles. The second-order valence-electron chi connectivity index (χ2n) is 6.56. The van der Waals surface area contributed by atoms with Crippen molar-refractivity contribution in [3.05, 3.63) is 64.6 Å². The summed E-state index contributed by atoms with van der Waals surface area (Å²) in [5.74, 6) is 1.21. The zero-order valence-corrected chi connectivity index (χ0v) is 16.4. The third-order valence-corrected chi connectivity index (χ3v) is 5.09. The largest absolute Gasteiger partial charge is 0.484 e. The van der Waals surface area contributed by atoms with Crippen LogP contribution in [0.2, 0.25) is 0 Å². The van der Waals surface area contributed by atoms with Gasteiger partial charge in [0.15, 0.2) is 6.61 Å². The summed E-state index contributed by atoms with van der Waals surface area (Å²) in [5.41, 5.74) is 1.14. The predicted molar refractivity (Wildman–Crippen MR) is 105 cm³/mol. The molecule has 2 aromatic carbocycles. The molecule has 1 amide bonds. The number of carbonyl (C=O) groups excluding carboxylic acids is 1. The Labute approximate surface area is 163 Å². The monoisotopic (exact) mass is 417 g/mol. The molecule has 0 spiro atoms. The molecule has 26 heavy (non-hydrogen) atoms. The molecule has 0 N–H and O–H groups in total. The summed E-state index contributed by atoms with van der Waals surface area (Å²) in [6.07, 6.45) is 2.01. The highest BCUT2D eigenvalue weighted by molar-refractivity contribution is 9.10. The average Bonchev–Trinajstić information content (AvgIpc) is 2.68. The molecule has 0 bridgehead atoms. The van der Waals surface area contributed by atoms with Crippen molar-refractivity contribution in [2.45, 2.75) is 19.4 Å². The Bertz CT molecular complexity index is 684. The number of hydrogen-bond donors (Lipinski definition) is 0. The van der Waals surface area contributed by atoms with Crippen LogP contribution in [0.3, 0.4) is 0 Å². The third-order valence-electron chi connectivity index (χ3n) is 4.56. The van der Waals surface area contributed by atoms with E-state index in [1.165, 1.54) is 0 Å². The van der Waals surface area contributed by atoms with Gasteiger partial charge in [-0.15, -0.1) is 0 Å². The molecule has 0 atom stereocenters. The highest BCUT2D eigenvalue weighted by Gasteiger charge is 2.22. The van der Waals surface area contributed by atoms with E-state index in [4.69, 9.17) is 9.47 Å². The Morgan fingerprint density at radius 1 is 1.08 bits per heavy atom. The standard InChI is InChI=1S/C21H24BrNO3/c22-19-6-8-20(9-7-19)26-16-21(24)23(14-17-4-2-1-3-5-17)15-18-10-12-25-13-11-18/h1-9,18H,10-16H2. The summed E-state index contributed by atoms with van der Waals surface area (Å²) < 4.78 is 12.1. The molecule has 0 aliphatic carbocycles. The summed E-state index contributed by atoms with van der Waals surface area (Å²) >= 11 is 3.40. The maximum atomic E-state index is 12.8. The molecule has 4 nitrogen and oxygen atoms in total. The number of rotatable bonds is 7. The van der Waals surface area contributed by atoms with Gasteiger partial charge in [0.25, 0.3) is 5.91 Å². The molecule has 1 aliphatic rings. The Hall–Kier alpha value is -1.85. The smallest absolute Gasteiger partial charge is 0.260 e. The van der Waals surface area contributed by atoms with Crippen LogP contribution in [0.25, 0.3) is 0 Å². The van der Waals surface area contributed by atoms with Gasteiger partial charge in [-0.1, -0.05) is 46.3 Å². The van der Waals surface area contributed by atoms with Crippen LogP contribution >= 0.6 is 15.9 Å². The molecule has 1 heterocycles. The van der Waals surface area contributed by atoms with E-state index < -0.39 is 0 Å². The fraction of sp³-hybridized carbons (Fsp3) is 0.381. The maximum Gasteiger partial charge on any atom is 0.260 e. The first-order valence-corrected chi connectivity index (χ1v) is 9.78. The van der Waals surface area contributed by atoms with E-state index in [1.807, 2.05) is 47.4 Å². The lowest BCUT2D eigenvalue weighted by molar-refractivity contribution is -0.135. The second kappa shape index (κ2) is 9.74. The molecule has 1 fully saturated rings. The van der Waals surface area contributed by atoms with Crippen molar-refractivity contribution < 1.29 is 14.3 Å². The Morgan fingerprint density at radius 2 is 1.77 bits per heavy atom. The van der Waals surface area contributed by atoms with Gasteiger partial charge >= 0.3 is 0 Å². The summed E-state index contributed by atoms with van der Waals surface area (Å²) in [7, 11) is 0. The van der Waals surface area contributed by atoms with E-state index in [1.54, 1.807) is 0 Å². The quantitative estimate of drug-likeness (QED) is 0.674. The van der Waals surface area contributed by atoms with Gasteiger partial charge in [0, 0.05) is 30.8 Å². The Morgan fingerprint density at radius 3 is 2.46 bits per heavy atom. The topological polar surface area (TPSA) is 38.8 Å². The number of ether oxygens (including phenoxy) is 2. The van der Waals surface area contributed by atoms with Crippen LogP contribution in [0.1, 0.15) is 18.4 Å². The fourth-order valence-electron chi connectivity index (χ4n) is 3.07. The first-order valence-electron chi connectivity index (χ1n) is 8.98. The van der Waals surface area contributed by atoms with Crippen molar-refractivity contribution in [3.8, 4) is 5.75 Å². The van der Waals surface area contributed by atoms with Crippen LogP contribution in [-0.4, -0.2) is 37.2 Å². The summed E-state index contributed by atoms with van der Waals surface area (Å²) in [6.45, 7) is 2.99. The van der Waals surface area contributed by atoms with Gasteiger partial charge in [-0.2, -0.15) is 0 Å². The van der Waals surface area contributed by atoms with Gasteiger partial charge in [-0.3, -0.25) is 4.79 Å². The summed E-state index contributed by atoms with van der Waals surface area (Å²) in [5, 5.41) is 0. The molecule has 0 unspecified atom stereocenters. The van der Waals surface area contributed by atoms with E-state index in [-0.39, 0.29) is 12.5 Å². The van der Waals surface area contributed by atoms with Gasteiger partial charge < -0.3 is 14.4 Å². The predicted octanol–water partition coefficient (Wildman–Crippen LogP) is 4.28. The normalized spacial score (nSPS) is 14.8. The van der Waals surface area contributed by atoms with Gasteiger partial charge in [-0.05, 0) is 48.6 Å². The summed E-state index contributed by atoms with van der Waals surface area (Å²) in [4.78, 5) is 14.7. The van der Waals surface area contributed by atoms with Crippen molar-refractivity contribution in [2.24, 2.45) is 5.92 Å². The zero-order valence-electron chi connectivity index (χ0n) is 14.8. The van der Waals surface area contributed by atoms with E-state index in [9.17, 15) is 4.79 Å². The van der Waals surface area contributed by atoms with Crippen molar-refractivity contribution >= 4 is 21.8 Å². The minimum absolute atomic E-state index is 0.0169. The molecule has 0 radical (unpaired) electrons. The fourth-order valence-corrected chi connectivity index (χ4v) is 3.33. The van der Waals surface area contributed by atoms with Crippen molar-refractivity contribution in [1.82, 2.24) is 4.90 Å². The lowest BCUT2D eigenvalue weighted by atomic mass is 9.99. The number of hydrogen-bond acceptors (Lipinski definition) is 3. The minimum Gasteiger partial charge on any atom is -0.484 e. The molecule has 138 valence electrons. The number of nitrogens with zero attached hydrogens (tertiary/aromatic N) is 1. The Kier molecular flexibility index (Phi) is 7.09. The zero-order chi connectivity index (χ0) is 18.2. The highest BCUT2D eigenvalue weighted by atomic mass is 79.9. The van der Waals surface area contributed by atoms with Crippen LogP contribution in [0, 0.1) is 5.92 Å². The highest BCUT2D eigenvalue weighted by Crippen LogP contribution is 2.19. The number of carbonyl (C=O) groups is 1. The average molecular weight is 418 g/mol. The Balaban J connectivity index is 1.62. The number of halogens is 1. The summed E-state index contributed by atoms with van der Waals surface area (Å²) in [6, 6.07) is 17.6. The van der Waals surface area contributed by atoms with Crippen LogP contribution in [0.4, 0.5) is 0 Å². The van der Waals surface area contributed by atoms with Gasteiger partial charge in [0.2, 0.25) is 0 Å². The van der Waals surface area contributed by atoms with Crippen molar-refractivity contribution in [3.63, 3.8) is 0 Å². The molecule has 3 rings (SSSR count). The molecular weight excluding hydrogens is 394 g/mol. The number of benzene rings is 2. The van der Waals surface area contributed by atoms with Gasteiger partial charge in [-0.25, -0.2) is 0 Å². The molecule has 0 saturated carbocycles. The molecule has 2 aromatic rings. The lowest BCUT2D eigenvalue weighted by Crippen LogP contribution is -2.39. The van der Waals surface area contributed by atoms with Crippen LogP contribution in [-0.2, 0) is 16.1 Å². The van der Waals surface area contributed by atoms with Crippen LogP contribution < -0.4 is 4.74 Å². The second-order valence-corrected chi connectivity index (χ2v) is 7.47. The lowest BCUT2D eigenvalue weighted by Gasteiger charge is -2.30. The van der Waals surface area contributed by atoms with Crippen molar-refractivity contribution in [2.75, 3.05) is 26.4 Å². The van der Waals surface area contributed by atoms with Gasteiger partial charge in [0.1, 0.15) is 5.75 Å². The molecule has 5 heteroatoms. The SMILES string of the molecule is O=C(COc1ccc(Br)cc1)N(Cc1ccccc1)CC1CCOCC1. The van der Waals surface area contributed by atoms with E-state index in [2.05, 4.69) is 28.1 Å². The van der Waals surface area contributed by atoms with Crippen molar-refractivity contribution in [1.29, 1.82) is 0 Å². The molecular formula is C21H24BrNO3. The first kappa shape index (κ1) is 18.9. The van der Waals surface area contributed by atoms with Crippen LogP contribution in [0.15, 0.2) is 59.1 Å². The minimum atomic E-state index is 0.0169. The first-order chi connectivity index (χ1) is 12.7. The van der Waals surface area contributed by atoms with Crippen LogP contribution in [0.5, 0.6) is 5.75 Å². The van der Waals surface area contributed by atoms with E-state index in [0.717, 1.165) is 42.6 Å². The number of amides is 1. The van der Waals surface area contributed by atoms with Gasteiger partial charge in [0.05, 0.1) is 0 Å². The third kappa shape index (κ3) is 5.85. The maximum absolute atomic E-state index is 12.8. The van der Waals surface area contributed by atoms with E-state index in [0.29, 0.717) is 18.2 Å². The molecule has 1 aliphatic heterocycles. The van der Waals surface area contributed by atoms with E-state index >= 15 is 0 Å². The molecule has 1 saturated heterocycles.